The van der Waals surface area contributed by atoms with Crippen molar-refractivity contribution in [2.75, 3.05) is 46.4 Å². The van der Waals surface area contributed by atoms with Crippen LogP contribution in [0.5, 0.6) is 63.2 Å². The van der Waals surface area contributed by atoms with Crippen molar-refractivity contribution in [2.24, 2.45) is 0 Å². The van der Waals surface area contributed by atoms with Crippen LogP contribution in [0.3, 0.4) is 0 Å². The molecule has 0 radical (unpaired) electrons. The molecule has 7 aliphatic rings. The maximum absolute atomic E-state index is 5.66. The average Bonchev–Trinajstić information content (AvgIpc) is 1.83. The Balaban J connectivity index is 0.000000703. The minimum absolute atomic E-state index is 0.138. The topological polar surface area (TPSA) is 115 Å². The second-order valence-electron chi connectivity index (χ2n) is 37.2. The summed E-state index contributed by atoms with van der Waals surface area (Å²) in [6.45, 7) is 89.8. The third-order valence-corrected chi connectivity index (χ3v) is 19.7. The zero-order valence-electron chi connectivity index (χ0n) is 86.7. The molecule has 7 aliphatic heterocycles. The predicted octanol–water partition coefficient (Wildman–Crippen LogP) is 33.4. The van der Waals surface area contributed by atoms with Crippen molar-refractivity contribution < 1.29 is 56.5 Å². The SMILES string of the molecule is CC.CC.CC.CC.CC.CC.CC.CC.CC(C)(C)c1ccc2c(c1)OC=CC2.CC(C)(C)c1ccc2c(c1)OC=CO2.CC(C)(C)c1ccc2c(c1)OCC2.CC(C)(C)c1ccc2c(c1)OCCC2.CC(C)(C)c1ccc2c(c1)OCCCO2.CC(C)(C)c1ccc2c(c1)OCCO2.CC(C)(C)c1ccc2c(c1)OCO2.CC(C)(C)c1ccc2ccoc2c1. The van der Waals surface area contributed by atoms with Crippen LogP contribution in [0.2, 0.25) is 0 Å². The van der Waals surface area contributed by atoms with E-state index in [9.17, 15) is 0 Å². The Morgan fingerprint density at radius 1 is 0.214 bits per heavy atom. The van der Waals surface area contributed by atoms with E-state index in [1.54, 1.807) is 25.0 Å². The Hall–Kier alpha value is -9.42. The largest absolute Gasteiger partial charge is 0.493 e. The summed E-state index contributed by atoms with van der Waals surface area (Å²) >= 11 is 0. The van der Waals surface area contributed by atoms with Gasteiger partial charge in [0.2, 0.25) is 6.79 Å². The molecule has 1 aromatic heterocycles. The first-order chi connectivity index (χ1) is 59.6. The van der Waals surface area contributed by atoms with Crippen LogP contribution in [0, 0.1) is 0 Å². The summed E-state index contributed by atoms with van der Waals surface area (Å²) in [5, 5.41) is 1.17. The monoisotopic (exact) mass is 1740 g/mol. The van der Waals surface area contributed by atoms with Crippen LogP contribution in [0.1, 0.15) is 351 Å². The smallest absolute Gasteiger partial charge is 0.231 e. The molecular weight excluding hydrogens is 1560 g/mol. The molecule has 8 aromatic carbocycles. The average molecular weight is 1740 g/mol. The Morgan fingerprint density at radius 2 is 0.500 bits per heavy atom. The summed E-state index contributed by atoms with van der Waals surface area (Å²) in [6, 6.07) is 52.7. The second kappa shape index (κ2) is 56.0. The number of hydrogen-bond acceptors (Lipinski definition) is 12. The molecular formula is C114H174O12. The lowest BCUT2D eigenvalue weighted by atomic mass is 9.86. The number of hydrogen-bond donors (Lipinski definition) is 0. The van der Waals surface area contributed by atoms with Gasteiger partial charge >= 0.3 is 0 Å². The number of ether oxygens (including phenoxy) is 11. The van der Waals surface area contributed by atoms with Crippen LogP contribution in [0.25, 0.3) is 11.0 Å². The van der Waals surface area contributed by atoms with Gasteiger partial charge in [0.05, 0.1) is 39.0 Å². The van der Waals surface area contributed by atoms with Crippen LogP contribution in [-0.4, -0.2) is 46.4 Å². The normalized spacial score (nSPS) is 13.3. The predicted molar refractivity (Wildman–Crippen MR) is 541 cm³/mol. The maximum Gasteiger partial charge on any atom is 0.231 e. The molecule has 12 heteroatoms. The first kappa shape index (κ1) is 115. The van der Waals surface area contributed by atoms with Gasteiger partial charge in [-0.25, -0.2) is 0 Å². The summed E-state index contributed by atoms with van der Waals surface area (Å²) in [4.78, 5) is 0. The van der Waals surface area contributed by atoms with E-state index in [1.807, 2.05) is 153 Å². The van der Waals surface area contributed by atoms with E-state index in [2.05, 4.69) is 281 Å². The lowest BCUT2D eigenvalue weighted by molar-refractivity contribution is 0.171. The molecule has 9 aromatic rings. The van der Waals surface area contributed by atoms with Crippen molar-refractivity contribution in [3.05, 3.63) is 244 Å². The van der Waals surface area contributed by atoms with Crippen molar-refractivity contribution in [3.63, 3.8) is 0 Å². The van der Waals surface area contributed by atoms with Gasteiger partial charge < -0.3 is 56.5 Å². The maximum atomic E-state index is 5.66. The molecule has 0 bridgehead atoms. The summed E-state index contributed by atoms with van der Waals surface area (Å²) in [6.07, 6.45) is 14.0. The number of furan rings is 1. The molecule has 0 fully saturated rings. The van der Waals surface area contributed by atoms with Gasteiger partial charge in [-0.1, -0.05) is 350 Å². The number of allylic oxidation sites excluding steroid dienone is 1. The van der Waals surface area contributed by atoms with E-state index in [4.69, 9.17) is 56.5 Å². The van der Waals surface area contributed by atoms with Gasteiger partial charge in [0, 0.05) is 18.2 Å². The van der Waals surface area contributed by atoms with E-state index in [0.29, 0.717) is 20.0 Å². The minimum atomic E-state index is 0.138. The van der Waals surface area contributed by atoms with Crippen molar-refractivity contribution in [3.8, 4) is 63.2 Å². The van der Waals surface area contributed by atoms with Gasteiger partial charge in [0.1, 0.15) is 48.6 Å². The van der Waals surface area contributed by atoms with Gasteiger partial charge in [-0.2, -0.15) is 0 Å². The van der Waals surface area contributed by atoms with Crippen molar-refractivity contribution in [1.29, 1.82) is 0 Å². The molecule has 0 saturated carbocycles. The van der Waals surface area contributed by atoms with Crippen molar-refractivity contribution >= 4 is 11.0 Å². The molecule has 12 nitrogen and oxygen atoms in total. The van der Waals surface area contributed by atoms with Crippen LogP contribution in [-0.2, 0) is 62.6 Å². The third-order valence-electron chi connectivity index (χ3n) is 19.7. The van der Waals surface area contributed by atoms with E-state index < -0.39 is 0 Å². The van der Waals surface area contributed by atoms with Gasteiger partial charge in [-0.05, 0) is 209 Å². The summed E-state index contributed by atoms with van der Waals surface area (Å²) < 4.78 is 65.5. The van der Waals surface area contributed by atoms with E-state index in [-0.39, 0.29) is 43.3 Å². The third kappa shape index (κ3) is 38.3. The van der Waals surface area contributed by atoms with E-state index in [0.717, 1.165) is 121 Å². The summed E-state index contributed by atoms with van der Waals surface area (Å²) in [7, 11) is 0. The van der Waals surface area contributed by atoms with Gasteiger partial charge in [-0.3, -0.25) is 0 Å². The first-order valence-electron chi connectivity index (χ1n) is 47.4. The Kier molecular flexibility index (Phi) is 50.9. The van der Waals surface area contributed by atoms with Crippen LogP contribution < -0.4 is 52.1 Å². The van der Waals surface area contributed by atoms with E-state index in [1.165, 1.54) is 73.0 Å². The van der Waals surface area contributed by atoms with Gasteiger partial charge in [0.15, 0.2) is 46.0 Å². The highest BCUT2D eigenvalue weighted by Gasteiger charge is 2.26. The van der Waals surface area contributed by atoms with E-state index >= 15 is 0 Å². The number of fused-ring (bicyclic) bond motifs is 8. The standard InChI is InChI=1S/C13H18O2.C13H18O.C13H16O.C12H16O2.C12H14O2.C12H16O.C12H14O.C11H14O2.8C2H6/c1-13(2,3)10-5-6-11-12(9-10)15-8-4-7-14-11;2*1-13(2,3)11-7-6-10-5-4-8-14-12(10)9-11;2*1-12(2,3)9-4-5-10-11(8-9)14-7-6-13-10;2*1-12(2,3)10-5-4-9-6-7-13-11(9)8-10;1-11(2,3)8-4-5-9-10(6-8)13-7-12-9;8*1-2/h5-6,9H,4,7-8H2,1-3H3;6-7,9H,4-5,8H2,1-3H3;4,6-9H,5H2,1-3H3;4-5,8H,6-7H2,1-3H3;4-8H,1-3H3;4-5,8H,6-7H2,1-3H3;4-8H,1-3H3;4-6H,7H2,1-3H3;8*1-2H3. The molecule has 126 heavy (non-hydrogen) atoms. The number of benzene rings is 8. The van der Waals surface area contributed by atoms with Crippen LogP contribution in [0.15, 0.2) is 187 Å². The highest BCUT2D eigenvalue weighted by atomic mass is 16.7. The highest BCUT2D eigenvalue weighted by Crippen LogP contribution is 2.41. The summed E-state index contributed by atoms with van der Waals surface area (Å²) in [5.41, 5.74) is 16.9. The quantitative estimate of drug-likeness (QED) is 0.144. The molecule has 16 rings (SSSR count). The molecule has 0 unspecified atom stereocenters. The highest BCUT2D eigenvalue weighted by molar-refractivity contribution is 5.78. The Bertz CT molecular complexity index is 4350. The van der Waals surface area contributed by atoms with Crippen LogP contribution in [0.4, 0.5) is 0 Å². The van der Waals surface area contributed by atoms with Crippen molar-refractivity contribution in [2.45, 2.75) is 352 Å². The Labute approximate surface area is 769 Å². The Morgan fingerprint density at radius 3 is 0.937 bits per heavy atom. The molecule has 0 aliphatic carbocycles. The molecule has 8 heterocycles. The first-order valence-corrected chi connectivity index (χ1v) is 47.4. The minimum Gasteiger partial charge on any atom is -0.493 e. The lowest BCUT2D eigenvalue weighted by Gasteiger charge is -2.23. The van der Waals surface area contributed by atoms with Crippen molar-refractivity contribution in [1.82, 2.24) is 0 Å². The lowest BCUT2D eigenvalue weighted by Crippen LogP contribution is -2.17. The zero-order valence-corrected chi connectivity index (χ0v) is 86.7. The van der Waals surface area contributed by atoms with Gasteiger partial charge in [0.25, 0.3) is 0 Å². The fraction of sp³-hybridized carbons (Fsp3) is 0.526. The summed E-state index contributed by atoms with van der Waals surface area (Å²) in [5.74, 6) is 10.0. The zero-order chi connectivity index (χ0) is 96.0. The fourth-order valence-electron chi connectivity index (χ4n) is 12.3. The molecule has 0 saturated heterocycles. The van der Waals surface area contributed by atoms with Crippen LogP contribution >= 0.6 is 0 Å². The number of rotatable bonds is 0. The molecule has 0 spiro atoms. The molecule has 0 atom stereocenters. The molecule has 702 valence electrons. The number of aryl methyl sites for hydroxylation is 1. The van der Waals surface area contributed by atoms with Gasteiger partial charge in [-0.15, -0.1) is 0 Å². The molecule has 0 amide bonds. The molecule has 0 N–H and O–H groups in total. The second-order valence-corrected chi connectivity index (χ2v) is 37.2. The fourth-order valence-corrected chi connectivity index (χ4v) is 12.3.